The van der Waals surface area contributed by atoms with Crippen LogP contribution in [0.15, 0.2) is 52.9 Å². The van der Waals surface area contributed by atoms with Crippen molar-refractivity contribution in [2.75, 3.05) is 18.4 Å². The molecule has 1 aromatic carbocycles. The Bertz CT molecular complexity index is 1200. The lowest BCUT2D eigenvalue weighted by atomic mass is 10.3. The summed E-state index contributed by atoms with van der Waals surface area (Å²) in [5.41, 5.74) is 2.76. The molecule has 2 aromatic heterocycles. The first kappa shape index (κ1) is 18.5. The molecule has 0 atom stereocenters. The summed E-state index contributed by atoms with van der Waals surface area (Å²) in [5.74, 6) is 0.576. The highest BCUT2D eigenvalue weighted by molar-refractivity contribution is 9.10. The molecule has 0 spiro atoms. The highest BCUT2D eigenvalue weighted by atomic mass is 79.9. The molecule has 3 heterocycles. The molecule has 3 aromatic rings. The quantitative estimate of drug-likeness (QED) is 0.504. The summed E-state index contributed by atoms with van der Waals surface area (Å²) in [6.07, 6.45) is 0. The SMILES string of the molecule is O=C=C1NN=NN1CCNc1nonc1-c1noc(=O)n1-c1ccc(F)c(Br)c1. The zero-order chi connectivity index (χ0) is 20.4. The second-order valence-corrected chi connectivity index (χ2v) is 6.32. The van der Waals surface area contributed by atoms with Crippen molar-refractivity contribution < 1.29 is 18.3 Å². The van der Waals surface area contributed by atoms with Gasteiger partial charge in [0.05, 0.1) is 16.7 Å². The fourth-order valence-corrected chi connectivity index (χ4v) is 2.81. The Balaban J connectivity index is 1.59. The second kappa shape index (κ2) is 7.65. The molecular formula is C14H9BrFN9O4. The van der Waals surface area contributed by atoms with Crippen molar-refractivity contribution in [3.05, 3.63) is 44.9 Å². The molecule has 4 rings (SSSR count). The van der Waals surface area contributed by atoms with Crippen molar-refractivity contribution in [2.45, 2.75) is 0 Å². The summed E-state index contributed by atoms with van der Waals surface area (Å²) in [4.78, 5) is 22.9. The van der Waals surface area contributed by atoms with Crippen LogP contribution < -0.4 is 16.5 Å². The molecule has 0 saturated heterocycles. The summed E-state index contributed by atoms with van der Waals surface area (Å²) in [7, 11) is 0. The summed E-state index contributed by atoms with van der Waals surface area (Å²) in [6, 6.07) is 3.94. The summed E-state index contributed by atoms with van der Waals surface area (Å²) < 4.78 is 24.2. The third-order valence-electron chi connectivity index (χ3n) is 3.75. The van der Waals surface area contributed by atoms with E-state index in [2.05, 4.69) is 52.6 Å². The molecule has 0 aliphatic carbocycles. The van der Waals surface area contributed by atoms with Gasteiger partial charge in [0.15, 0.2) is 11.6 Å². The minimum absolute atomic E-state index is 0.00624. The number of carbonyl (C=O) groups excluding carboxylic acids is 1. The van der Waals surface area contributed by atoms with E-state index in [-0.39, 0.29) is 46.4 Å². The first-order valence-electron chi connectivity index (χ1n) is 7.88. The van der Waals surface area contributed by atoms with Gasteiger partial charge < -0.3 is 5.32 Å². The first-order chi connectivity index (χ1) is 14.1. The van der Waals surface area contributed by atoms with Crippen LogP contribution in [0.25, 0.3) is 17.2 Å². The molecule has 1 aliphatic rings. The van der Waals surface area contributed by atoms with Crippen molar-refractivity contribution >= 4 is 27.7 Å². The minimum Gasteiger partial charge on any atom is -0.363 e. The van der Waals surface area contributed by atoms with Crippen LogP contribution in [0.1, 0.15) is 0 Å². The monoisotopic (exact) mass is 465 g/mol. The number of rotatable bonds is 6. The maximum Gasteiger partial charge on any atom is 0.446 e. The molecule has 0 radical (unpaired) electrons. The van der Waals surface area contributed by atoms with E-state index in [0.717, 1.165) is 4.57 Å². The van der Waals surface area contributed by atoms with Crippen LogP contribution >= 0.6 is 15.9 Å². The Hall–Kier alpha value is -3.84. The van der Waals surface area contributed by atoms with Crippen LogP contribution in [-0.4, -0.2) is 44.1 Å². The van der Waals surface area contributed by atoms with Gasteiger partial charge in [-0.2, -0.15) is 0 Å². The third kappa shape index (κ3) is 3.51. The minimum atomic E-state index is -0.809. The van der Waals surface area contributed by atoms with Gasteiger partial charge in [-0.05, 0) is 54.9 Å². The van der Waals surface area contributed by atoms with Gasteiger partial charge in [0.25, 0.3) is 0 Å². The molecular weight excluding hydrogens is 457 g/mol. The highest BCUT2D eigenvalue weighted by Gasteiger charge is 2.23. The second-order valence-electron chi connectivity index (χ2n) is 5.47. The average Bonchev–Trinajstić information content (AvgIpc) is 3.44. The van der Waals surface area contributed by atoms with Crippen molar-refractivity contribution in [3.63, 3.8) is 0 Å². The van der Waals surface area contributed by atoms with Gasteiger partial charge in [-0.15, -0.1) is 0 Å². The van der Waals surface area contributed by atoms with Crippen LogP contribution in [0.4, 0.5) is 10.2 Å². The molecule has 0 fully saturated rings. The average molecular weight is 466 g/mol. The van der Waals surface area contributed by atoms with Crippen LogP contribution in [0.5, 0.6) is 0 Å². The first-order valence-corrected chi connectivity index (χ1v) is 8.68. The molecule has 29 heavy (non-hydrogen) atoms. The fourth-order valence-electron chi connectivity index (χ4n) is 2.44. The lowest BCUT2D eigenvalue weighted by molar-refractivity contribution is 0.309. The van der Waals surface area contributed by atoms with Gasteiger partial charge in [-0.3, -0.25) is 4.52 Å². The largest absolute Gasteiger partial charge is 0.446 e. The van der Waals surface area contributed by atoms with Crippen molar-refractivity contribution in [2.24, 2.45) is 10.4 Å². The van der Waals surface area contributed by atoms with E-state index in [4.69, 9.17) is 9.15 Å². The zero-order valence-corrected chi connectivity index (χ0v) is 15.8. The van der Waals surface area contributed by atoms with E-state index in [0.29, 0.717) is 0 Å². The predicted octanol–water partition coefficient (Wildman–Crippen LogP) is 1.05. The Morgan fingerprint density at radius 1 is 1.31 bits per heavy atom. The van der Waals surface area contributed by atoms with Crippen LogP contribution in [0, 0.1) is 5.82 Å². The van der Waals surface area contributed by atoms with E-state index in [9.17, 15) is 14.0 Å². The number of hydrogen-bond donors (Lipinski definition) is 2. The number of nitrogens with one attached hydrogen (secondary N) is 2. The maximum atomic E-state index is 13.5. The van der Waals surface area contributed by atoms with E-state index in [1.165, 1.54) is 23.2 Å². The standard InChI is InChI=1S/C14H9BrFN9O4/c15-8-5-7(1-2-9(8)16)25-13(21-28-14(25)27)11-12(20-29-19-11)17-3-4-24-10(6-26)18-22-23-24/h1-2,5H,3-4H2,(H,17,20)(H,18,23). The highest BCUT2D eigenvalue weighted by Crippen LogP contribution is 2.26. The zero-order valence-electron chi connectivity index (χ0n) is 14.2. The van der Waals surface area contributed by atoms with Gasteiger partial charge in [0.2, 0.25) is 17.5 Å². The number of nitrogens with zero attached hydrogens (tertiary/aromatic N) is 7. The molecule has 0 unspecified atom stereocenters. The number of hydrogen-bond acceptors (Lipinski definition) is 12. The fraction of sp³-hybridized carbons (Fsp3) is 0.143. The summed E-state index contributed by atoms with van der Waals surface area (Å²) >= 11 is 3.07. The molecule has 0 saturated carbocycles. The number of halogens is 2. The van der Waals surface area contributed by atoms with E-state index >= 15 is 0 Å². The Kier molecular flexibility index (Phi) is 4.88. The molecule has 148 valence electrons. The van der Waals surface area contributed by atoms with Crippen LogP contribution in [0.2, 0.25) is 0 Å². The smallest absolute Gasteiger partial charge is 0.363 e. The van der Waals surface area contributed by atoms with Crippen molar-refractivity contribution in [3.8, 4) is 17.2 Å². The Morgan fingerprint density at radius 2 is 2.17 bits per heavy atom. The molecule has 2 N–H and O–H groups in total. The molecule has 13 nitrogen and oxygen atoms in total. The van der Waals surface area contributed by atoms with E-state index in [1.54, 1.807) is 5.94 Å². The van der Waals surface area contributed by atoms with E-state index in [1.807, 2.05) is 0 Å². The normalized spacial score (nSPS) is 12.9. The van der Waals surface area contributed by atoms with Crippen LogP contribution in [-0.2, 0) is 4.79 Å². The van der Waals surface area contributed by atoms with Gasteiger partial charge in [-0.1, -0.05) is 5.16 Å². The number of anilines is 1. The molecule has 1 aliphatic heterocycles. The Labute approximate surface area is 167 Å². The van der Waals surface area contributed by atoms with Gasteiger partial charge >= 0.3 is 5.76 Å². The lowest BCUT2D eigenvalue weighted by Gasteiger charge is -2.11. The molecule has 15 heteroatoms. The maximum absolute atomic E-state index is 13.5. The summed E-state index contributed by atoms with van der Waals surface area (Å²) in [6.45, 7) is 0.487. The van der Waals surface area contributed by atoms with E-state index < -0.39 is 11.6 Å². The molecule has 0 bridgehead atoms. The lowest BCUT2D eigenvalue weighted by Crippen LogP contribution is -2.25. The summed E-state index contributed by atoms with van der Waals surface area (Å²) in [5, 5.41) is 22.6. The van der Waals surface area contributed by atoms with Gasteiger partial charge in [-0.25, -0.2) is 33.6 Å². The predicted molar refractivity (Wildman–Crippen MR) is 95.4 cm³/mol. The topological polar surface area (TPSA) is 156 Å². The van der Waals surface area contributed by atoms with Crippen LogP contribution in [0.3, 0.4) is 0 Å². The van der Waals surface area contributed by atoms with Crippen molar-refractivity contribution in [1.29, 1.82) is 0 Å². The third-order valence-corrected chi connectivity index (χ3v) is 4.35. The van der Waals surface area contributed by atoms with Gasteiger partial charge in [0, 0.05) is 6.54 Å². The van der Waals surface area contributed by atoms with Gasteiger partial charge in [0.1, 0.15) is 5.82 Å². The molecule has 0 amide bonds. The number of aromatic nitrogens is 4. The van der Waals surface area contributed by atoms with Crippen molar-refractivity contribution in [1.82, 2.24) is 30.5 Å². The number of benzene rings is 1. The Morgan fingerprint density at radius 3 is 2.97 bits per heavy atom.